The van der Waals surface area contributed by atoms with Gasteiger partial charge in [0.2, 0.25) is 10.0 Å². The zero-order valence-electron chi connectivity index (χ0n) is 12.5. The molecule has 1 saturated heterocycles. The van der Waals surface area contributed by atoms with E-state index in [-0.39, 0.29) is 5.78 Å². The molecule has 21 heavy (non-hydrogen) atoms. The van der Waals surface area contributed by atoms with Crippen molar-refractivity contribution in [2.75, 3.05) is 19.3 Å². The molecule has 1 atom stereocenters. The van der Waals surface area contributed by atoms with Gasteiger partial charge in [-0.15, -0.1) is 0 Å². The number of hydrogen-bond acceptors (Lipinski definition) is 3. The van der Waals surface area contributed by atoms with Gasteiger partial charge in [-0.3, -0.25) is 4.79 Å². The lowest BCUT2D eigenvalue weighted by Gasteiger charge is -2.30. The Hall–Kier alpha value is -1.20. The van der Waals surface area contributed by atoms with Gasteiger partial charge in [0.25, 0.3) is 0 Å². The highest BCUT2D eigenvalue weighted by molar-refractivity contribution is 7.88. The van der Waals surface area contributed by atoms with Crippen molar-refractivity contribution in [3.63, 3.8) is 0 Å². The van der Waals surface area contributed by atoms with E-state index in [1.54, 1.807) is 4.31 Å². The molecule has 5 heteroatoms. The maximum atomic E-state index is 12.0. The number of sulfonamides is 1. The Morgan fingerprint density at radius 2 is 2.00 bits per heavy atom. The van der Waals surface area contributed by atoms with Crippen molar-refractivity contribution in [3.05, 3.63) is 35.9 Å². The molecule has 1 aliphatic rings. The third kappa shape index (κ3) is 4.93. The minimum atomic E-state index is -3.08. The maximum Gasteiger partial charge on any atom is 0.211 e. The normalized spacial score (nSPS) is 20.3. The summed E-state index contributed by atoms with van der Waals surface area (Å²) in [5.41, 5.74) is 0.763. The quantitative estimate of drug-likeness (QED) is 0.759. The lowest BCUT2D eigenvalue weighted by atomic mass is 9.93. The second-order valence-electron chi connectivity index (χ2n) is 5.81. The molecule has 1 heterocycles. The van der Waals surface area contributed by atoms with Crippen LogP contribution in [-0.2, 0) is 10.0 Å². The minimum Gasteiger partial charge on any atom is -0.294 e. The molecule has 1 fully saturated rings. The van der Waals surface area contributed by atoms with Crippen LogP contribution in [0.3, 0.4) is 0 Å². The third-order valence-electron chi connectivity index (χ3n) is 4.06. The largest absolute Gasteiger partial charge is 0.294 e. The number of ketones is 1. The molecule has 1 aromatic carbocycles. The van der Waals surface area contributed by atoms with Crippen LogP contribution in [0.15, 0.2) is 30.3 Å². The zero-order chi connectivity index (χ0) is 15.3. The van der Waals surface area contributed by atoms with Gasteiger partial charge in [0.1, 0.15) is 0 Å². The Labute approximate surface area is 127 Å². The highest BCUT2D eigenvalue weighted by atomic mass is 32.2. The Balaban J connectivity index is 1.77. The number of nitrogens with zero attached hydrogens (tertiary/aromatic N) is 1. The highest BCUT2D eigenvalue weighted by Gasteiger charge is 2.25. The molecule has 0 bridgehead atoms. The van der Waals surface area contributed by atoms with Gasteiger partial charge in [-0.2, -0.15) is 0 Å². The average Bonchev–Trinajstić information content (AvgIpc) is 2.47. The topological polar surface area (TPSA) is 54.5 Å². The lowest BCUT2D eigenvalue weighted by molar-refractivity contribution is 0.0975. The molecule has 0 spiro atoms. The fourth-order valence-corrected chi connectivity index (χ4v) is 3.83. The first kappa shape index (κ1) is 16.2. The minimum absolute atomic E-state index is 0.173. The van der Waals surface area contributed by atoms with E-state index in [2.05, 4.69) is 0 Å². The second-order valence-corrected chi connectivity index (χ2v) is 7.79. The van der Waals surface area contributed by atoms with Gasteiger partial charge in [-0.1, -0.05) is 30.3 Å². The Bertz CT molecular complexity index is 568. The Kier molecular flexibility index (Phi) is 5.53. The molecule has 0 saturated carbocycles. The van der Waals surface area contributed by atoms with Crippen LogP contribution in [0.5, 0.6) is 0 Å². The van der Waals surface area contributed by atoms with Crippen LogP contribution in [0.4, 0.5) is 0 Å². The van der Waals surface area contributed by atoms with Gasteiger partial charge in [0.15, 0.2) is 5.78 Å². The average molecular weight is 309 g/mol. The van der Waals surface area contributed by atoms with Crippen molar-refractivity contribution in [2.24, 2.45) is 5.92 Å². The van der Waals surface area contributed by atoms with E-state index in [1.165, 1.54) is 6.26 Å². The fourth-order valence-electron chi connectivity index (χ4n) is 2.88. The number of carbonyl (C=O) groups excluding carboxylic acids is 1. The van der Waals surface area contributed by atoms with E-state index in [9.17, 15) is 13.2 Å². The summed E-state index contributed by atoms with van der Waals surface area (Å²) in [6, 6.07) is 9.33. The molecule has 0 radical (unpaired) electrons. The van der Waals surface area contributed by atoms with E-state index >= 15 is 0 Å². The summed E-state index contributed by atoms with van der Waals surface area (Å²) in [4.78, 5) is 12.0. The van der Waals surface area contributed by atoms with Gasteiger partial charge in [-0.05, 0) is 31.6 Å². The molecule has 2 rings (SSSR count). The van der Waals surface area contributed by atoms with E-state index in [0.29, 0.717) is 25.4 Å². The molecule has 1 unspecified atom stereocenters. The summed E-state index contributed by atoms with van der Waals surface area (Å²) in [6.45, 7) is 1.25. The summed E-state index contributed by atoms with van der Waals surface area (Å²) in [7, 11) is -3.08. The first-order valence-corrected chi connectivity index (χ1v) is 9.35. The van der Waals surface area contributed by atoms with Crippen molar-refractivity contribution in [1.29, 1.82) is 0 Å². The van der Waals surface area contributed by atoms with Crippen molar-refractivity contribution in [2.45, 2.75) is 32.1 Å². The van der Waals surface area contributed by atoms with Gasteiger partial charge in [0, 0.05) is 25.1 Å². The number of benzene rings is 1. The first-order valence-electron chi connectivity index (χ1n) is 7.50. The second kappa shape index (κ2) is 7.18. The predicted molar refractivity (Wildman–Crippen MR) is 83.8 cm³/mol. The van der Waals surface area contributed by atoms with Crippen LogP contribution < -0.4 is 0 Å². The summed E-state index contributed by atoms with van der Waals surface area (Å²) in [5, 5.41) is 0. The van der Waals surface area contributed by atoms with Crippen LogP contribution in [0.1, 0.15) is 42.5 Å². The van der Waals surface area contributed by atoms with Gasteiger partial charge >= 0.3 is 0 Å². The van der Waals surface area contributed by atoms with Gasteiger partial charge < -0.3 is 0 Å². The Morgan fingerprint density at radius 3 is 2.67 bits per heavy atom. The maximum absolute atomic E-state index is 12.0. The summed E-state index contributed by atoms with van der Waals surface area (Å²) in [5.74, 6) is 0.559. The van der Waals surface area contributed by atoms with Crippen molar-refractivity contribution in [1.82, 2.24) is 4.31 Å². The highest BCUT2D eigenvalue weighted by Crippen LogP contribution is 2.23. The molecule has 0 aliphatic carbocycles. The number of carbonyl (C=O) groups is 1. The van der Waals surface area contributed by atoms with Gasteiger partial charge in [-0.25, -0.2) is 12.7 Å². The van der Waals surface area contributed by atoms with Crippen molar-refractivity contribution < 1.29 is 13.2 Å². The molecule has 0 aromatic heterocycles. The smallest absolute Gasteiger partial charge is 0.211 e. The van der Waals surface area contributed by atoms with E-state index in [0.717, 1.165) is 31.2 Å². The zero-order valence-corrected chi connectivity index (χ0v) is 13.3. The van der Waals surface area contributed by atoms with E-state index in [4.69, 9.17) is 0 Å². The van der Waals surface area contributed by atoms with Gasteiger partial charge in [0.05, 0.1) is 6.26 Å². The standard InChI is InChI=1S/C16H23NO3S/c1-21(19,20)17-12-6-8-14(13-17)7-5-11-16(18)15-9-3-2-4-10-15/h2-4,9-10,14H,5-8,11-13H2,1H3. The molecule has 1 aliphatic heterocycles. The number of Topliss-reactive ketones (excluding diaryl/α,β-unsaturated/α-hetero) is 1. The molecular formula is C16H23NO3S. The van der Waals surface area contributed by atoms with E-state index in [1.807, 2.05) is 30.3 Å². The van der Waals surface area contributed by atoms with Crippen molar-refractivity contribution >= 4 is 15.8 Å². The van der Waals surface area contributed by atoms with Crippen LogP contribution in [0.2, 0.25) is 0 Å². The molecule has 1 aromatic rings. The summed E-state index contributed by atoms with van der Waals surface area (Å²) >= 11 is 0. The predicted octanol–water partition coefficient (Wildman–Crippen LogP) is 2.71. The number of hydrogen-bond donors (Lipinski definition) is 0. The van der Waals surface area contributed by atoms with E-state index < -0.39 is 10.0 Å². The van der Waals surface area contributed by atoms with Crippen LogP contribution in [0.25, 0.3) is 0 Å². The SMILES string of the molecule is CS(=O)(=O)N1CCCC(CCCC(=O)c2ccccc2)C1. The summed E-state index contributed by atoms with van der Waals surface area (Å²) in [6.07, 6.45) is 5.55. The molecule has 4 nitrogen and oxygen atoms in total. The first-order chi connectivity index (χ1) is 9.97. The van der Waals surface area contributed by atoms with Crippen molar-refractivity contribution in [3.8, 4) is 0 Å². The molecular weight excluding hydrogens is 286 g/mol. The Morgan fingerprint density at radius 1 is 1.29 bits per heavy atom. The molecule has 116 valence electrons. The van der Waals surface area contributed by atoms with Crippen LogP contribution in [-0.4, -0.2) is 37.9 Å². The number of piperidine rings is 1. The van der Waals surface area contributed by atoms with Crippen LogP contribution in [0, 0.1) is 5.92 Å². The molecule has 0 N–H and O–H groups in total. The monoisotopic (exact) mass is 309 g/mol. The third-order valence-corrected chi connectivity index (χ3v) is 5.33. The lowest BCUT2D eigenvalue weighted by Crippen LogP contribution is -2.39. The fraction of sp³-hybridized carbons (Fsp3) is 0.562. The van der Waals surface area contributed by atoms with Crippen LogP contribution >= 0.6 is 0 Å². The number of rotatable bonds is 6. The summed E-state index contributed by atoms with van der Waals surface area (Å²) < 4.78 is 24.7. The molecule has 0 amide bonds.